The molecule has 0 aromatic rings. The lowest BCUT2D eigenvalue weighted by molar-refractivity contribution is 0.0153. The highest BCUT2D eigenvalue weighted by Crippen LogP contribution is 2.29. The van der Waals surface area contributed by atoms with E-state index in [0.717, 1.165) is 12.5 Å². The topological polar surface area (TPSA) is 24.5 Å². The van der Waals surface area contributed by atoms with E-state index in [9.17, 15) is 0 Å². The van der Waals surface area contributed by atoms with Gasteiger partial charge in [-0.15, -0.1) is 0 Å². The highest BCUT2D eigenvalue weighted by Gasteiger charge is 2.35. The Morgan fingerprint density at radius 2 is 1.95 bits per heavy atom. The molecule has 0 aromatic carbocycles. The Morgan fingerprint density at radius 1 is 1.19 bits per heavy atom. The summed E-state index contributed by atoms with van der Waals surface area (Å²) in [7, 11) is 1.85. The SMILES string of the molecule is CCCC(COC)N1CC(C2CCCCC2)NCC1CC. The Morgan fingerprint density at radius 3 is 2.57 bits per heavy atom. The van der Waals surface area contributed by atoms with Crippen molar-refractivity contribution in [2.24, 2.45) is 5.92 Å². The smallest absolute Gasteiger partial charge is 0.0618 e. The van der Waals surface area contributed by atoms with Gasteiger partial charge in [-0.3, -0.25) is 4.90 Å². The maximum absolute atomic E-state index is 5.52. The van der Waals surface area contributed by atoms with E-state index in [1.165, 1.54) is 64.5 Å². The zero-order valence-corrected chi connectivity index (χ0v) is 14.4. The normalized spacial score (nSPS) is 30.4. The highest BCUT2D eigenvalue weighted by molar-refractivity contribution is 4.92. The van der Waals surface area contributed by atoms with Crippen LogP contribution in [0.2, 0.25) is 0 Å². The quantitative estimate of drug-likeness (QED) is 0.779. The first-order valence-corrected chi connectivity index (χ1v) is 9.28. The second-order valence-corrected chi connectivity index (χ2v) is 7.07. The molecule has 3 unspecified atom stereocenters. The molecule has 0 amide bonds. The van der Waals surface area contributed by atoms with E-state index in [-0.39, 0.29) is 0 Å². The van der Waals surface area contributed by atoms with Gasteiger partial charge in [-0.25, -0.2) is 0 Å². The molecule has 3 atom stereocenters. The van der Waals surface area contributed by atoms with Crippen LogP contribution in [0.15, 0.2) is 0 Å². The first kappa shape index (κ1) is 17.2. The molecule has 0 radical (unpaired) electrons. The molecule has 3 heteroatoms. The Balaban J connectivity index is 1.99. The van der Waals surface area contributed by atoms with Crippen molar-refractivity contribution in [2.45, 2.75) is 83.3 Å². The number of rotatable bonds is 7. The van der Waals surface area contributed by atoms with Gasteiger partial charge < -0.3 is 10.1 Å². The van der Waals surface area contributed by atoms with Crippen molar-refractivity contribution in [3.63, 3.8) is 0 Å². The van der Waals surface area contributed by atoms with Crippen LogP contribution >= 0.6 is 0 Å². The number of hydrogen-bond acceptors (Lipinski definition) is 3. The van der Waals surface area contributed by atoms with Crippen LogP contribution in [0.3, 0.4) is 0 Å². The summed E-state index contributed by atoms with van der Waals surface area (Å²) < 4.78 is 5.52. The van der Waals surface area contributed by atoms with E-state index in [2.05, 4.69) is 24.1 Å². The molecule has 1 aliphatic carbocycles. The van der Waals surface area contributed by atoms with E-state index in [1.807, 2.05) is 7.11 Å². The van der Waals surface area contributed by atoms with Crippen LogP contribution < -0.4 is 5.32 Å². The van der Waals surface area contributed by atoms with Gasteiger partial charge >= 0.3 is 0 Å². The lowest BCUT2D eigenvalue weighted by Gasteiger charge is -2.47. The predicted octanol–water partition coefficient (Wildman–Crippen LogP) is 3.43. The molecule has 2 rings (SSSR count). The van der Waals surface area contributed by atoms with Crippen LogP contribution in [0.1, 0.15) is 65.2 Å². The van der Waals surface area contributed by atoms with Gasteiger partial charge in [0, 0.05) is 38.3 Å². The van der Waals surface area contributed by atoms with Gasteiger partial charge in [0.05, 0.1) is 6.61 Å². The molecule has 1 saturated heterocycles. The molecule has 1 saturated carbocycles. The van der Waals surface area contributed by atoms with Crippen LogP contribution in [0.25, 0.3) is 0 Å². The Hall–Kier alpha value is -0.120. The van der Waals surface area contributed by atoms with Gasteiger partial charge in [0.15, 0.2) is 0 Å². The zero-order valence-electron chi connectivity index (χ0n) is 14.4. The Bertz CT molecular complexity index is 272. The van der Waals surface area contributed by atoms with E-state index in [1.54, 1.807) is 0 Å². The van der Waals surface area contributed by atoms with Crippen LogP contribution in [0, 0.1) is 5.92 Å². The summed E-state index contributed by atoms with van der Waals surface area (Å²) in [4.78, 5) is 2.78. The fourth-order valence-corrected chi connectivity index (χ4v) is 4.39. The third-order valence-corrected chi connectivity index (χ3v) is 5.63. The molecule has 0 aromatic heterocycles. The number of nitrogens with one attached hydrogen (secondary N) is 1. The van der Waals surface area contributed by atoms with Gasteiger partial charge in [-0.1, -0.05) is 39.5 Å². The van der Waals surface area contributed by atoms with E-state index in [4.69, 9.17) is 4.74 Å². The summed E-state index contributed by atoms with van der Waals surface area (Å²) in [6, 6.07) is 2.01. The van der Waals surface area contributed by atoms with Crippen LogP contribution in [-0.2, 0) is 4.74 Å². The molecular weight excluding hydrogens is 260 g/mol. The largest absolute Gasteiger partial charge is 0.383 e. The van der Waals surface area contributed by atoms with Crippen molar-refractivity contribution < 1.29 is 4.74 Å². The van der Waals surface area contributed by atoms with E-state index >= 15 is 0 Å². The minimum Gasteiger partial charge on any atom is -0.383 e. The molecule has 3 nitrogen and oxygen atoms in total. The fraction of sp³-hybridized carbons (Fsp3) is 1.00. The van der Waals surface area contributed by atoms with Crippen molar-refractivity contribution in [3.8, 4) is 0 Å². The Labute approximate surface area is 131 Å². The van der Waals surface area contributed by atoms with Gasteiger partial charge in [-0.05, 0) is 31.6 Å². The summed E-state index contributed by atoms with van der Waals surface area (Å²) in [5, 5.41) is 3.88. The average molecular weight is 296 g/mol. The van der Waals surface area contributed by atoms with Crippen molar-refractivity contribution >= 4 is 0 Å². The number of hydrogen-bond donors (Lipinski definition) is 1. The summed E-state index contributed by atoms with van der Waals surface area (Å²) in [6.07, 6.45) is 11.0. The number of methoxy groups -OCH3 is 1. The molecule has 1 heterocycles. The molecule has 2 aliphatic rings. The fourth-order valence-electron chi connectivity index (χ4n) is 4.39. The van der Waals surface area contributed by atoms with Crippen molar-refractivity contribution in [1.29, 1.82) is 0 Å². The minimum atomic E-state index is 0.609. The molecule has 1 N–H and O–H groups in total. The molecule has 124 valence electrons. The van der Waals surface area contributed by atoms with Crippen molar-refractivity contribution in [2.75, 3.05) is 26.8 Å². The summed E-state index contributed by atoms with van der Waals surface area (Å²) in [5.74, 6) is 0.906. The molecule has 21 heavy (non-hydrogen) atoms. The Kier molecular flexibility index (Phi) is 7.48. The van der Waals surface area contributed by atoms with E-state index < -0.39 is 0 Å². The number of piperazine rings is 1. The maximum atomic E-state index is 5.52. The van der Waals surface area contributed by atoms with Crippen molar-refractivity contribution in [3.05, 3.63) is 0 Å². The van der Waals surface area contributed by atoms with Crippen molar-refractivity contribution in [1.82, 2.24) is 10.2 Å². The third kappa shape index (κ3) is 4.67. The number of ether oxygens (including phenoxy) is 1. The molecule has 2 fully saturated rings. The first-order valence-electron chi connectivity index (χ1n) is 9.28. The molecule has 1 aliphatic heterocycles. The number of nitrogens with zero attached hydrogens (tertiary/aromatic N) is 1. The van der Waals surface area contributed by atoms with Gasteiger partial charge in [0.2, 0.25) is 0 Å². The molecule has 0 bridgehead atoms. The second-order valence-electron chi connectivity index (χ2n) is 7.07. The van der Waals surface area contributed by atoms with E-state index in [0.29, 0.717) is 18.1 Å². The van der Waals surface area contributed by atoms with Gasteiger partial charge in [0.25, 0.3) is 0 Å². The lowest BCUT2D eigenvalue weighted by atomic mass is 9.82. The highest BCUT2D eigenvalue weighted by atomic mass is 16.5. The monoisotopic (exact) mass is 296 g/mol. The van der Waals surface area contributed by atoms with Gasteiger partial charge in [-0.2, -0.15) is 0 Å². The standard InChI is InChI=1S/C18H36N2O/c1-4-9-17(14-21-3)20-13-18(19-12-16(20)5-2)15-10-7-6-8-11-15/h15-19H,4-14H2,1-3H3. The second kappa shape index (κ2) is 9.12. The summed E-state index contributed by atoms with van der Waals surface area (Å²) in [5.41, 5.74) is 0. The van der Waals surface area contributed by atoms with Crippen LogP contribution in [-0.4, -0.2) is 49.8 Å². The first-order chi connectivity index (χ1) is 10.3. The molecule has 0 spiro atoms. The average Bonchev–Trinajstić information content (AvgIpc) is 2.55. The zero-order chi connectivity index (χ0) is 15.1. The van der Waals surface area contributed by atoms with Gasteiger partial charge in [0.1, 0.15) is 0 Å². The predicted molar refractivity (Wildman–Crippen MR) is 89.7 cm³/mol. The summed E-state index contributed by atoms with van der Waals surface area (Å²) in [6.45, 7) is 7.92. The molecular formula is C18H36N2O. The minimum absolute atomic E-state index is 0.609. The maximum Gasteiger partial charge on any atom is 0.0618 e. The van der Waals surface area contributed by atoms with Crippen LogP contribution in [0.4, 0.5) is 0 Å². The lowest BCUT2D eigenvalue weighted by Crippen LogP contribution is -2.62. The van der Waals surface area contributed by atoms with Crippen LogP contribution in [0.5, 0.6) is 0 Å². The summed E-state index contributed by atoms with van der Waals surface area (Å²) >= 11 is 0. The third-order valence-electron chi connectivity index (χ3n) is 5.63.